The van der Waals surface area contributed by atoms with Crippen molar-refractivity contribution in [2.75, 3.05) is 0 Å². The summed E-state index contributed by atoms with van der Waals surface area (Å²) in [7, 11) is 0. The molecule has 1 unspecified atom stereocenters. The monoisotopic (exact) mass is 307 g/mol. The van der Waals surface area contributed by atoms with E-state index in [1.54, 1.807) is 11.0 Å². The van der Waals surface area contributed by atoms with Gasteiger partial charge in [-0.2, -0.15) is 5.10 Å². The van der Waals surface area contributed by atoms with E-state index in [-0.39, 0.29) is 5.41 Å². The van der Waals surface area contributed by atoms with E-state index in [4.69, 9.17) is 11.6 Å². The van der Waals surface area contributed by atoms with Gasteiger partial charge in [0.25, 0.3) is 0 Å². The number of rotatable bonds is 5. The van der Waals surface area contributed by atoms with Crippen molar-refractivity contribution in [3.63, 3.8) is 0 Å². The fourth-order valence-electron chi connectivity index (χ4n) is 2.02. The van der Waals surface area contributed by atoms with Crippen LogP contribution in [0.3, 0.4) is 0 Å². The molecule has 2 rings (SSSR count). The molecule has 1 atom stereocenters. The van der Waals surface area contributed by atoms with Crippen LogP contribution >= 0.6 is 11.6 Å². The van der Waals surface area contributed by atoms with Crippen molar-refractivity contribution in [2.24, 2.45) is 0 Å². The second-order valence-corrected chi connectivity index (χ2v) is 6.80. The predicted octanol–water partition coefficient (Wildman–Crippen LogP) is 3.22. The largest absolute Gasteiger partial charge is 0.391 e. The number of nitrogens with zero attached hydrogens (tertiary/aromatic N) is 3. The Bertz CT molecular complexity index is 572. The highest BCUT2D eigenvalue weighted by Gasteiger charge is 2.19. The van der Waals surface area contributed by atoms with Crippen LogP contribution in [0.25, 0.3) is 0 Å². The van der Waals surface area contributed by atoms with E-state index in [1.807, 2.05) is 24.3 Å². The standard InChI is InChI=1S/C16H22ClN3O/c1-16(2,3)15-18-11-20(19-15)10-14(21)9-6-12-4-7-13(17)8-5-12/h4-5,7-8,11,14,21H,6,9-10H2,1-3H3. The molecule has 0 spiro atoms. The van der Waals surface area contributed by atoms with Crippen molar-refractivity contribution in [3.8, 4) is 0 Å². The lowest BCUT2D eigenvalue weighted by Gasteiger charge is -2.13. The summed E-state index contributed by atoms with van der Waals surface area (Å²) in [6.07, 6.45) is 2.76. The molecule has 0 aliphatic carbocycles. The van der Waals surface area contributed by atoms with Gasteiger partial charge in [-0.25, -0.2) is 4.98 Å². The van der Waals surface area contributed by atoms with Crippen molar-refractivity contribution >= 4 is 11.6 Å². The van der Waals surface area contributed by atoms with Crippen LogP contribution in [-0.2, 0) is 18.4 Å². The third-order valence-corrected chi connectivity index (χ3v) is 3.54. The average molecular weight is 308 g/mol. The number of hydrogen-bond acceptors (Lipinski definition) is 3. The zero-order valence-electron chi connectivity index (χ0n) is 12.8. The number of aryl methyl sites for hydroxylation is 1. The van der Waals surface area contributed by atoms with Gasteiger partial charge in [0.2, 0.25) is 0 Å². The Kier molecular flexibility index (Phi) is 5.01. The molecule has 0 saturated heterocycles. The summed E-state index contributed by atoms with van der Waals surface area (Å²) in [5.41, 5.74) is 1.10. The van der Waals surface area contributed by atoms with E-state index in [0.717, 1.165) is 17.3 Å². The lowest BCUT2D eigenvalue weighted by molar-refractivity contribution is 0.139. The molecule has 0 aliphatic rings. The molecule has 0 fully saturated rings. The molecule has 1 N–H and O–H groups in total. The maximum absolute atomic E-state index is 10.1. The molecule has 1 heterocycles. The van der Waals surface area contributed by atoms with Crippen molar-refractivity contribution in [3.05, 3.63) is 47.0 Å². The van der Waals surface area contributed by atoms with Crippen LogP contribution in [0.4, 0.5) is 0 Å². The minimum atomic E-state index is -0.435. The van der Waals surface area contributed by atoms with Crippen LogP contribution in [0.1, 0.15) is 38.6 Å². The van der Waals surface area contributed by atoms with Gasteiger partial charge in [0.15, 0.2) is 5.82 Å². The van der Waals surface area contributed by atoms with Gasteiger partial charge in [-0.15, -0.1) is 0 Å². The summed E-state index contributed by atoms with van der Waals surface area (Å²) in [4.78, 5) is 4.29. The van der Waals surface area contributed by atoms with Gasteiger partial charge in [0.05, 0.1) is 12.6 Å². The molecular formula is C16H22ClN3O. The summed E-state index contributed by atoms with van der Waals surface area (Å²) in [6, 6.07) is 7.72. The molecule has 0 bridgehead atoms. The van der Waals surface area contributed by atoms with E-state index in [0.29, 0.717) is 13.0 Å². The van der Waals surface area contributed by atoms with Crippen LogP contribution in [-0.4, -0.2) is 26.0 Å². The van der Waals surface area contributed by atoms with Gasteiger partial charge in [-0.1, -0.05) is 44.5 Å². The predicted molar refractivity (Wildman–Crippen MR) is 84.5 cm³/mol. The van der Waals surface area contributed by atoms with Crippen molar-refractivity contribution in [1.82, 2.24) is 14.8 Å². The second kappa shape index (κ2) is 6.58. The quantitative estimate of drug-likeness (QED) is 0.922. The minimum Gasteiger partial charge on any atom is -0.391 e. The highest BCUT2D eigenvalue weighted by atomic mass is 35.5. The normalized spacial score (nSPS) is 13.4. The van der Waals surface area contributed by atoms with E-state index in [9.17, 15) is 5.11 Å². The molecule has 0 saturated carbocycles. The van der Waals surface area contributed by atoms with Crippen molar-refractivity contribution < 1.29 is 5.11 Å². The van der Waals surface area contributed by atoms with Crippen molar-refractivity contribution in [2.45, 2.75) is 51.7 Å². The fraction of sp³-hybridized carbons (Fsp3) is 0.500. The molecule has 1 aromatic carbocycles. The Hall–Kier alpha value is -1.39. The molecule has 0 amide bonds. The molecule has 4 nitrogen and oxygen atoms in total. The van der Waals surface area contributed by atoms with Gasteiger partial charge >= 0.3 is 0 Å². The Balaban J connectivity index is 1.85. The van der Waals surface area contributed by atoms with Crippen LogP contribution in [0.15, 0.2) is 30.6 Å². The summed E-state index contributed by atoms with van der Waals surface area (Å²) >= 11 is 5.85. The van der Waals surface area contributed by atoms with E-state index in [1.165, 1.54) is 5.56 Å². The summed E-state index contributed by atoms with van der Waals surface area (Å²) < 4.78 is 1.72. The number of benzene rings is 1. The smallest absolute Gasteiger partial charge is 0.155 e. The number of aromatic nitrogens is 3. The first-order valence-corrected chi connectivity index (χ1v) is 7.55. The van der Waals surface area contributed by atoms with E-state index in [2.05, 4.69) is 30.9 Å². The second-order valence-electron chi connectivity index (χ2n) is 6.36. The molecule has 2 aromatic rings. The third-order valence-electron chi connectivity index (χ3n) is 3.28. The number of hydrogen-bond donors (Lipinski definition) is 1. The summed E-state index contributed by atoms with van der Waals surface area (Å²) in [6.45, 7) is 6.69. The fourth-order valence-corrected chi connectivity index (χ4v) is 2.14. The Morgan fingerprint density at radius 1 is 1.24 bits per heavy atom. The number of aliphatic hydroxyl groups is 1. The molecular weight excluding hydrogens is 286 g/mol. The van der Waals surface area contributed by atoms with Gasteiger partial charge in [-0.3, -0.25) is 4.68 Å². The molecule has 21 heavy (non-hydrogen) atoms. The van der Waals surface area contributed by atoms with Crippen LogP contribution in [0.5, 0.6) is 0 Å². The van der Waals surface area contributed by atoms with Crippen molar-refractivity contribution in [1.29, 1.82) is 0 Å². The lowest BCUT2D eigenvalue weighted by Crippen LogP contribution is -2.19. The maximum Gasteiger partial charge on any atom is 0.155 e. The zero-order valence-corrected chi connectivity index (χ0v) is 13.5. The third kappa shape index (κ3) is 4.83. The van der Waals surface area contributed by atoms with E-state index < -0.39 is 6.10 Å². The Labute approximate surface area is 130 Å². The lowest BCUT2D eigenvalue weighted by atomic mass is 9.96. The maximum atomic E-state index is 10.1. The summed E-state index contributed by atoms with van der Waals surface area (Å²) in [5, 5.41) is 15.3. The molecule has 0 aliphatic heterocycles. The highest BCUT2D eigenvalue weighted by molar-refractivity contribution is 6.30. The average Bonchev–Trinajstić information content (AvgIpc) is 2.86. The number of aliphatic hydroxyl groups excluding tert-OH is 1. The molecule has 114 valence electrons. The topological polar surface area (TPSA) is 50.9 Å². The van der Waals surface area contributed by atoms with Gasteiger partial charge < -0.3 is 5.11 Å². The Morgan fingerprint density at radius 3 is 2.48 bits per heavy atom. The first kappa shape index (κ1) is 16.0. The van der Waals surface area contributed by atoms with Gasteiger partial charge in [0, 0.05) is 10.4 Å². The molecule has 1 aromatic heterocycles. The minimum absolute atomic E-state index is 0.0699. The van der Waals surface area contributed by atoms with Gasteiger partial charge in [0.1, 0.15) is 6.33 Å². The van der Waals surface area contributed by atoms with Crippen LogP contribution < -0.4 is 0 Å². The SMILES string of the molecule is CC(C)(C)c1ncn(CC(O)CCc2ccc(Cl)cc2)n1. The summed E-state index contributed by atoms with van der Waals surface area (Å²) in [5.74, 6) is 0.799. The first-order valence-electron chi connectivity index (χ1n) is 7.17. The van der Waals surface area contributed by atoms with E-state index >= 15 is 0 Å². The highest BCUT2D eigenvalue weighted by Crippen LogP contribution is 2.17. The van der Waals surface area contributed by atoms with Crippen LogP contribution in [0, 0.1) is 0 Å². The number of halogens is 1. The van der Waals surface area contributed by atoms with Gasteiger partial charge in [-0.05, 0) is 30.5 Å². The first-order chi connectivity index (χ1) is 9.84. The molecule has 5 heteroatoms. The molecule has 0 radical (unpaired) electrons. The Morgan fingerprint density at radius 2 is 1.90 bits per heavy atom. The zero-order chi connectivity index (χ0) is 15.5. The van der Waals surface area contributed by atoms with Crippen LogP contribution in [0.2, 0.25) is 5.02 Å².